The Hall–Kier alpha value is -2.73. The van der Waals surface area contributed by atoms with Crippen molar-refractivity contribution in [3.05, 3.63) is 59.7 Å². The second-order valence-electron chi connectivity index (χ2n) is 13.8. The summed E-state index contributed by atoms with van der Waals surface area (Å²) in [6.07, 6.45) is -1.65. The molecule has 10 heterocycles. The summed E-state index contributed by atoms with van der Waals surface area (Å²) in [6, 6.07) is 15.0. The third-order valence-electron chi connectivity index (χ3n) is 12.2. The number of carbonyl (C=O) groups is 4. The average Bonchev–Trinajstić information content (AvgIpc) is 3.73. The lowest BCUT2D eigenvalue weighted by atomic mass is 9.54. The number of hydrogen-bond donors (Lipinski definition) is 2. The smallest absolute Gasteiger partial charge is 0.262 e. The summed E-state index contributed by atoms with van der Waals surface area (Å²) in [7, 11) is 5.40. The number of fused-ring (bicyclic) bond motifs is 11. The van der Waals surface area contributed by atoms with Crippen LogP contribution in [0.5, 0.6) is 0 Å². The molecule has 2 aromatic rings. The van der Waals surface area contributed by atoms with Crippen LogP contribution >= 0.6 is 43.2 Å². The number of likely N-dealkylation sites (N-methyl/N-ethyl adjacent to an activating group) is 2. The van der Waals surface area contributed by atoms with E-state index in [9.17, 15) is 27.6 Å². The van der Waals surface area contributed by atoms with Crippen molar-refractivity contribution in [2.75, 3.05) is 23.7 Å². The third kappa shape index (κ3) is 2.67. The van der Waals surface area contributed by atoms with Crippen molar-refractivity contribution in [2.24, 2.45) is 0 Å². The predicted molar refractivity (Wildman–Crippen MR) is 181 cm³/mol. The van der Waals surface area contributed by atoms with Gasteiger partial charge in [0.25, 0.3) is 23.6 Å². The van der Waals surface area contributed by atoms with Crippen LogP contribution in [0.2, 0.25) is 0 Å². The Bertz CT molecular complexity index is 2030. The SMILES string of the molecule is CN1C(=O)[C@@]23C[C@]4([C@]56C[C@@]78SS[C@@](C)(C(=O)N7[C@H]5N([SH](=O)=O)c5ccccc56)N(C)C8=O)c5ccccc5N[C@@H]4N2C(=O)[C@]1(C)SS3. The van der Waals surface area contributed by atoms with Crippen LogP contribution in [0, 0.1) is 0 Å². The van der Waals surface area contributed by atoms with Crippen molar-refractivity contribution in [2.45, 2.75) is 69.3 Å². The molecule has 12 nitrogen and oxygen atoms in total. The maximum absolute atomic E-state index is 14.8. The number of amides is 4. The lowest BCUT2D eigenvalue weighted by Gasteiger charge is -2.57. The summed E-state index contributed by atoms with van der Waals surface area (Å²) in [5.74, 6) is -1.000. The van der Waals surface area contributed by atoms with Gasteiger partial charge < -0.3 is 15.1 Å². The molecule has 2 aromatic carbocycles. The van der Waals surface area contributed by atoms with Gasteiger partial charge in [-0.3, -0.25) is 29.0 Å². The highest BCUT2D eigenvalue weighted by molar-refractivity contribution is 8.78. The molecule has 4 bridgehead atoms. The molecule has 0 aromatic heterocycles. The molecule has 8 saturated heterocycles. The van der Waals surface area contributed by atoms with Gasteiger partial charge >= 0.3 is 0 Å². The molecule has 0 aliphatic carbocycles. The molecule has 0 unspecified atom stereocenters. The molecule has 2 spiro atoms. The first-order valence-electron chi connectivity index (χ1n) is 15.1. The molecule has 10 aliphatic heterocycles. The van der Waals surface area contributed by atoms with Crippen LogP contribution < -0.4 is 9.62 Å². The molecule has 1 N–H and O–H groups in total. The summed E-state index contributed by atoms with van der Waals surface area (Å²) in [5.41, 5.74) is 0.331. The molecule has 17 heteroatoms. The van der Waals surface area contributed by atoms with Crippen LogP contribution in [0.4, 0.5) is 11.4 Å². The van der Waals surface area contributed by atoms with E-state index in [2.05, 4.69) is 5.32 Å². The quantitative estimate of drug-likeness (QED) is 0.349. The highest BCUT2D eigenvalue weighted by Gasteiger charge is 2.88. The van der Waals surface area contributed by atoms with E-state index >= 15 is 0 Å². The number of rotatable bonds is 2. The van der Waals surface area contributed by atoms with E-state index in [0.717, 1.165) is 11.3 Å². The Balaban J connectivity index is 1.34. The second-order valence-corrected chi connectivity index (χ2v) is 20.3. The van der Waals surface area contributed by atoms with Crippen LogP contribution in [-0.2, 0) is 40.9 Å². The normalized spacial score (nSPS) is 43.4. The van der Waals surface area contributed by atoms with Crippen molar-refractivity contribution >= 4 is 89.1 Å². The summed E-state index contributed by atoms with van der Waals surface area (Å²) in [4.78, 5) is 59.8. The summed E-state index contributed by atoms with van der Waals surface area (Å²) >= 11 is 0. The number of nitrogens with one attached hydrogen (secondary N) is 1. The maximum Gasteiger partial charge on any atom is 0.262 e. The van der Waals surface area contributed by atoms with Crippen LogP contribution in [0.15, 0.2) is 48.5 Å². The van der Waals surface area contributed by atoms with E-state index in [-0.39, 0.29) is 36.5 Å². The average molecular weight is 729 g/mol. The lowest BCUT2D eigenvalue weighted by molar-refractivity contribution is -0.163. The minimum Gasteiger partial charge on any atom is -0.364 e. The van der Waals surface area contributed by atoms with Crippen LogP contribution in [0.25, 0.3) is 0 Å². The highest BCUT2D eigenvalue weighted by atomic mass is 33.1. The first kappa shape index (κ1) is 29.2. The predicted octanol–water partition coefficient (Wildman–Crippen LogP) is 2.31. The molecular formula is C30H28N6O6S5. The first-order valence-corrected chi connectivity index (χ1v) is 20.6. The van der Waals surface area contributed by atoms with E-state index in [4.69, 9.17) is 0 Å². The van der Waals surface area contributed by atoms with Crippen molar-refractivity contribution in [1.29, 1.82) is 0 Å². The Labute approximate surface area is 287 Å². The van der Waals surface area contributed by atoms with Gasteiger partial charge in [0, 0.05) is 32.6 Å². The Morgan fingerprint density at radius 1 is 0.702 bits per heavy atom. The fraction of sp³-hybridized carbons (Fsp3) is 0.467. The molecule has 0 saturated carbocycles. The molecule has 244 valence electrons. The molecule has 8 atom stereocenters. The molecule has 47 heavy (non-hydrogen) atoms. The molecular weight excluding hydrogens is 701 g/mol. The van der Waals surface area contributed by atoms with Crippen molar-refractivity contribution in [3.63, 3.8) is 0 Å². The van der Waals surface area contributed by atoms with E-state index in [0.29, 0.717) is 11.3 Å². The molecule has 4 amide bonds. The fourth-order valence-corrected chi connectivity index (χ4v) is 17.8. The largest absolute Gasteiger partial charge is 0.364 e. The number of piperazine rings is 2. The topological polar surface area (TPSA) is 131 Å². The zero-order valence-corrected chi connectivity index (χ0v) is 29.6. The Morgan fingerprint density at radius 2 is 1.23 bits per heavy atom. The van der Waals surface area contributed by atoms with Gasteiger partial charge in [0.1, 0.15) is 12.3 Å². The number of benzene rings is 2. The van der Waals surface area contributed by atoms with Gasteiger partial charge in [-0.1, -0.05) is 79.6 Å². The van der Waals surface area contributed by atoms with Crippen LogP contribution in [-0.4, -0.2) is 97.6 Å². The summed E-state index contributed by atoms with van der Waals surface area (Å²) in [6.45, 7) is 3.47. The van der Waals surface area contributed by atoms with Gasteiger partial charge in [0.15, 0.2) is 19.5 Å². The zero-order chi connectivity index (χ0) is 32.8. The third-order valence-corrected chi connectivity index (χ3v) is 20.4. The van der Waals surface area contributed by atoms with E-state index < -0.39 is 53.5 Å². The standard InChI is InChI=1S/C30H28N6O6S5/c1-25-21(37)34-19-27(15-9-5-7-11-17(15)31-19,13-29(34,45-43-25)23(39)32(25)3)28-14-30-24(40)33(4)26(2,44-46-30)22(38)35(30)20(28)36(47(41)42)18-12-8-6-10-16(18)28/h5-12,19-20,31,47H,13-14H2,1-4H3/t19-,20+,25+,26+,27+,28+,29+,30+/m1/s1. The van der Waals surface area contributed by atoms with Crippen molar-refractivity contribution in [3.8, 4) is 0 Å². The fourth-order valence-electron chi connectivity index (χ4n) is 9.97. The van der Waals surface area contributed by atoms with Gasteiger partial charge in [-0.2, -0.15) is 0 Å². The number of anilines is 2. The van der Waals surface area contributed by atoms with Gasteiger partial charge in [0.2, 0.25) is 10.9 Å². The highest BCUT2D eigenvalue weighted by Crippen LogP contribution is 2.79. The Morgan fingerprint density at radius 3 is 1.87 bits per heavy atom. The summed E-state index contributed by atoms with van der Waals surface area (Å²) in [5, 5.41) is 3.65. The summed E-state index contributed by atoms with van der Waals surface area (Å²) < 4.78 is 28.4. The second kappa shape index (κ2) is 8.34. The minimum atomic E-state index is -3.31. The number of hydrogen-bond acceptors (Lipinski definition) is 11. The number of para-hydroxylation sites is 2. The first-order chi connectivity index (χ1) is 22.3. The molecule has 10 aliphatic rings. The van der Waals surface area contributed by atoms with Gasteiger partial charge in [-0.25, -0.2) is 12.7 Å². The van der Waals surface area contributed by atoms with Crippen molar-refractivity contribution < 1.29 is 27.6 Å². The van der Waals surface area contributed by atoms with Crippen LogP contribution in [0.1, 0.15) is 37.8 Å². The molecule has 8 fully saturated rings. The number of nitrogens with zero attached hydrogens (tertiary/aromatic N) is 5. The monoisotopic (exact) mass is 728 g/mol. The van der Waals surface area contributed by atoms with Gasteiger partial charge in [-0.05, 0) is 37.1 Å². The lowest BCUT2D eigenvalue weighted by Crippen LogP contribution is -2.76. The zero-order valence-electron chi connectivity index (χ0n) is 25.5. The maximum atomic E-state index is 14.8. The van der Waals surface area contributed by atoms with E-state index in [1.807, 2.05) is 36.4 Å². The minimum absolute atomic E-state index is 0.0910. The van der Waals surface area contributed by atoms with E-state index in [1.54, 1.807) is 54.8 Å². The van der Waals surface area contributed by atoms with E-state index in [1.165, 1.54) is 52.4 Å². The van der Waals surface area contributed by atoms with Gasteiger partial charge in [0.05, 0.1) is 16.5 Å². The van der Waals surface area contributed by atoms with Gasteiger partial charge in [-0.15, -0.1) is 0 Å². The molecule has 12 rings (SSSR count). The Kier molecular flexibility index (Phi) is 5.18. The number of carbonyl (C=O) groups excluding carboxylic acids is 4. The molecule has 0 radical (unpaired) electrons. The van der Waals surface area contributed by atoms with Crippen molar-refractivity contribution in [1.82, 2.24) is 19.6 Å². The number of thiol groups is 1. The van der Waals surface area contributed by atoms with Crippen LogP contribution in [0.3, 0.4) is 0 Å².